The number of nitrogens with one attached hydrogen (secondary N) is 1. The number of hydrogen-bond donors (Lipinski definition) is 1. The van der Waals surface area contributed by atoms with E-state index in [4.69, 9.17) is 0 Å². The molecule has 4 heteroatoms. The highest BCUT2D eigenvalue weighted by molar-refractivity contribution is 5.73. The average Bonchev–Trinajstić information content (AvgIpc) is 3.09. The molecule has 1 fully saturated rings. The number of hydrogen-bond acceptors (Lipinski definition) is 3. The maximum atomic E-state index is 13.2. The van der Waals surface area contributed by atoms with E-state index in [1.54, 1.807) is 6.07 Å². The molecule has 90 valence electrons. The Balaban J connectivity index is 1.77. The van der Waals surface area contributed by atoms with Gasteiger partial charge in [0, 0.05) is 29.8 Å². The lowest BCUT2D eigenvalue weighted by molar-refractivity contribution is 0.626. The molecule has 1 N–H and O–H groups in total. The van der Waals surface area contributed by atoms with Crippen LogP contribution in [0.1, 0.15) is 24.0 Å². The number of anilines is 1. The van der Waals surface area contributed by atoms with Crippen molar-refractivity contribution in [2.45, 2.75) is 25.3 Å². The first-order chi connectivity index (χ1) is 8.79. The normalized spacial score (nSPS) is 16.3. The van der Waals surface area contributed by atoms with Gasteiger partial charge in [-0.05, 0) is 36.6 Å². The topological polar surface area (TPSA) is 37.8 Å². The van der Waals surface area contributed by atoms with Gasteiger partial charge in [0.25, 0.3) is 0 Å². The largest absolute Gasteiger partial charge is 0.351 e. The Morgan fingerprint density at radius 1 is 1.22 bits per heavy atom. The van der Waals surface area contributed by atoms with Crippen LogP contribution < -0.4 is 5.32 Å². The number of aromatic nitrogens is 2. The van der Waals surface area contributed by atoms with Crippen molar-refractivity contribution in [3.8, 4) is 11.3 Å². The third kappa shape index (κ3) is 1.56. The van der Waals surface area contributed by atoms with Gasteiger partial charge in [-0.1, -0.05) is 0 Å². The smallest absolute Gasteiger partial charge is 0.223 e. The van der Waals surface area contributed by atoms with Gasteiger partial charge >= 0.3 is 0 Å². The number of rotatable bonds is 2. The van der Waals surface area contributed by atoms with Crippen molar-refractivity contribution in [1.82, 2.24) is 9.97 Å². The van der Waals surface area contributed by atoms with Gasteiger partial charge in [-0.15, -0.1) is 0 Å². The molecule has 1 aromatic heterocycles. The van der Waals surface area contributed by atoms with E-state index in [9.17, 15) is 4.39 Å². The molecule has 0 aliphatic heterocycles. The fourth-order valence-electron chi connectivity index (χ4n) is 2.39. The minimum Gasteiger partial charge on any atom is -0.351 e. The third-order valence-electron chi connectivity index (χ3n) is 3.48. The first kappa shape index (κ1) is 10.00. The molecular weight excluding hydrogens is 229 g/mol. The zero-order valence-electron chi connectivity index (χ0n) is 9.78. The fraction of sp³-hybridized carbons (Fsp3) is 0.286. The van der Waals surface area contributed by atoms with Gasteiger partial charge in [-0.25, -0.2) is 14.4 Å². The molecule has 2 aliphatic rings. The van der Waals surface area contributed by atoms with Crippen molar-refractivity contribution in [3.63, 3.8) is 0 Å². The Morgan fingerprint density at radius 3 is 2.94 bits per heavy atom. The van der Waals surface area contributed by atoms with Crippen LogP contribution in [-0.2, 0) is 6.42 Å². The van der Waals surface area contributed by atoms with Gasteiger partial charge in [0.1, 0.15) is 5.82 Å². The monoisotopic (exact) mass is 241 g/mol. The second-order valence-electron chi connectivity index (χ2n) is 4.96. The number of benzene rings is 1. The molecular formula is C14H12FN3. The Hall–Kier alpha value is -1.97. The molecule has 0 bridgehead atoms. The van der Waals surface area contributed by atoms with Gasteiger partial charge in [0.2, 0.25) is 5.95 Å². The molecule has 0 unspecified atom stereocenters. The van der Waals surface area contributed by atoms with Gasteiger partial charge in [0.05, 0.1) is 5.69 Å². The van der Waals surface area contributed by atoms with Crippen molar-refractivity contribution in [2.75, 3.05) is 5.32 Å². The highest BCUT2D eigenvalue weighted by atomic mass is 19.1. The number of nitrogens with zero attached hydrogens (tertiary/aromatic N) is 2. The lowest BCUT2D eigenvalue weighted by Crippen LogP contribution is -2.05. The molecule has 18 heavy (non-hydrogen) atoms. The summed E-state index contributed by atoms with van der Waals surface area (Å²) in [6.07, 6.45) is 4.97. The summed E-state index contributed by atoms with van der Waals surface area (Å²) in [4.78, 5) is 8.88. The predicted octanol–water partition coefficient (Wildman–Crippen LogP) is 2.76. The Labute approximate surface area is 104 Å². The van der Waals surface area contributed by atoms with E-state index in [1.807, 2.05) is 12.3 Å². The lowest BCUT2D eigenvalue weighted by Gasteiger charge is -2.05. The van der Waals surface area contributed by atoms with Crippen molar-refractivity contribution < 1.29 is 4.39 Å². The Morgan fingerprint density at radius 2 is 2.11 bits per heavy atom. The summed E-state index contributed by atoms with van der Waals surface area (Å²) >= 11 is 0. The van der Waals surface area contributed by atoms with Crippen LogP contribution in [0.4, 0.5) is 10.3 Å². The molecule has 1 heterocycles. The van der Waals surface area contributed by atoms with E-state index < -0.39 is 0 Å². The standard InChI is InChI=1S/C14H12FN3/c15-10-1-4-12-8(6-10)5-9-7-16-14(18-13(9)12)17-11-2-3-11/h1,4,6-7,11H,2-3,5H2,(H,16,17,18). The highest BCUT2D eigenvalue weighted by Gasteiger charge is 2.24. The first-order valence-corrected chi connectivity index (χ1v) is 6.21. The quantitative estimate of drug-likeness (QED) is 0.749. The van der Waals surface area contributed by atoms with Crippen LogP contribution in [0, 0.1) is 5.82 Å². The first-order valence-electron chi connectivity index (χ1n) is 6.21. The summed E-state index contributed by atoms with van der Waals surface area (Å²) in [5, 5.41) is 3.29. The van der Waals surface area contributed by atoms with E-state index in [2.05, 4.69) is 15.3 Å². The van der Waals surface area contributed by atoms with E-state index in [-0.39, 0.29) is 5.82 Å². The second kappa shape index (κ2) is 3.51. The second-order valence-corrected chi connectivity index (χ2v) is 4.96. The van der Waals surface area contributed by atoms with E-state index in [0.29, 0.717) is 12.0 Å². The van der Waals surface area contributed by atoms with Crippen LogP contribution in [0.5, 0.6) is 0 Å². The third-order valence-corrected chi connectivity index (χ3v) is 3.48. The molecule has 0 amide bonds. The molecule has 4 rings (SSSR count). The van der Waals surface area contributed by atoms with Crippen LogP contribution in [0.15, 0.2) is 24.4 Å². The van der Waals surface area contributed by atoms with Crippen LogP contribution >= 0.6 is 0 Å². The number of halogens is 1. The van der Waals surface area contributed by atoms with Gasteiger partial charge in [-0.2, -0.15) is 0 Å². The van der Waals surface area contributed by atoms with Crippen molar-refractivity contribution in [3.05, 3.63) is 41.3 Å². The fourth-order valence-corrected chi connectivity index (χ4v) is 2.39. The summed E-state index contributed by atoms with van der Waals surface area (Å²) in [5.41, 5.74) is 4.07. The van der Waals surface area contributed by atoms with Gasteiger partial charge < -0.3 is 5.32 Å². The molecule has 0 radical (unpaired) electrons. The summed E-state index contributed by atoms with van der Waals surface area (Å²) in [7, 11) is 0. The van der Waals surface area contributed by atoms with E-state index >= 15 is 0 Å². The predicted molar refractivity (Wildman–Crippen MR) is 66.9 cm³/mol. The molecule has 2 aliphatic carbocycles. The van der Waals surface area contributed by atoms with Crippen LogP contribution in [-0.4, -0.2) is 16.0 Å². The Bertz CT molecular complexity index is 635. The molecule has 1 aromatic carbocycles. The van der Waals surface area contributed by atoms with Gasteiger partial charge in [0.15, 0.2) is 0 Å². The molecule has 3 nitrogen and oxygen atoms in total. The number of fused-ring (bicyclic) bond motifs is 3. The summed E-state index contributed by atoms with van der Waals surface area (Å²) in [6, 6.07) is 5.43. The van der Waals surface area contributed by atoms with Crippen LogP contribution in [0.25, 0.3) is 11.3 Å². The minimum absolute atomic E-state index is 0.189. The van der Waals surface area contributed by atoms with E-state index in [1.165, 1.54) is 18.9 Å². The van der Waals surface area contributed by atoms with E-state index in [0.717, 1.165) is 28.8 Å². The average molecular weight is 241 g/mol. The highest BCUT2D eigenvalue weighted by Crippen LogP contribution is 2.35. The molecule has 0 spiro atoms. The van der Waals surface area contributed by atoms with Gasteiger partial charge in [-0.3, -0.25) is 0 Å². The van der Waals surface area contributed by atoms with Crippen LogP contribution in [0.2, 0.25) is 0 Å². The molecule has 0 saturated heterocycles. The zero-order chi connectivity index (χ0) is 12.1. The van der Waals surface area contributed by atoms with Crippen molar-refractivity contribution >= 4 is 5.95 Å². The lowest BCUT2D eigenvalue weighted by atomic mass is 10.1. The maximum absolute atomic E-state index is 13.2. The summed E-state index contributed by atoms with van der Waals surface area (Å²) < 4.78 is 13.2. The summed E-state index contributed by atoms with van der Waals surface area (Å²) in [6.45, 7) is 0. The molecule has 1 saturated carbocycles. The molecule has 0 atom stereocenters. The zero-order valence-corrected chi connectivity index (χ0v) is 9.78. The SMILES string of the molecule is Fc1ccc2c(c1)Cc1cnc(NC3CC3)nc1-2. The minimum atomic E-state index is -0.189. The summed E-state index contributed by atoms with van der Waals surface area (Å²) in [5.74, 6) is 0.499. The van der Waals surface area contributed by atoms with Crippen molar-refractivity contribution in [1.29, 1.82) is 0 Å². The Kier molecular flexibility index (Phi) is 1.95. The maximum Gasteiger partial charge on any atom is 0.223 e. The van der Waals surface area contributed by atoms with Crippen molar-refractivity contribution in [2.24, 2.45) is 0 Å². The molecule has 2 aromatic rings. The van der Waals surface area contributed by atoms with Crippen LogP contribution in [0.3, 0.4) is 0 Å².